The molecule has 0 bridgehead atoms. The summed E-state index contributed by atoms with van der Waals surface area (Å²) < 4.78 is 34.5. The highest BCUT2D eigenvalue weighted by Crippen LogP contribution is 2.29. The molecule has 176 valence electrons. The van der Waals surface area contributed by atoms with Crippen molar-refractivity contribution in [1.29, 1.82) is 5.26 Å². The molecule has 2 aromatic heterocycles. The van der Waals surface area contributed by atoms with Gasteiger partial charge in [-0.25, -0.2) is 8.78 Å². The highest BCUT2D eigenvalue weighted by atomic mass is 19.1. The molecule has 2 aromatic carbocycles. The standard InChI is InChI=1S/C26H21F2N5O2/c1-17-23(26(34)31-14-18-10-20(27)12-21(28)11-18)4-2-5-25(17)35-22-6-8-30-24(13-22)19-15-32-33(16-19)9-3-7-29/h2,4-6,8,10-13,15-16H,3,9,14H2,1H3,(H,31,34). The lowest BCUT2D eigenvalue weighted by Gasteiger charge is -2.13. The fraction of sp³-hybridized carbons (Fsp3) is 0.154. The van der Waals surface area contributed by atoms with Crippen molar-refractivity contribution in [3.05, 3.63) is 95.4 Å². The summed E-state index contributed by atoms with van der Waals surface area (Å²) in [5, 5.41) is 15.7. The molecule has 9 heteroatoms. The number of hydrogen-bond acceptors (Lipinski definition) is 5. The topological polar surface area (TPSA) is 92.8 Å². The first-order valence-electron chi connectivity index (χ1n) is 10.8. The zero-order valence-corrected chi connectivity index (χ0v) is 18.8. The maximum absolute atomic E-state index is 13.4. The van der Waals surface area contributed by atoms with Gasteiger partial charge in [0.25, 0.3) is 5.91 Å². The lowest BCUT2D eigenvalue weighted by atomic mass is 10.1. The molecule has 0 aliphatic rings. The number of halogens is 2. The zero-order chi connectivity index (χ0) is 24.8. The van der Waals surface area contributed by atoms with Crippen molar-refractivity contribution in [3.63, 3.8) is 0 Å². The van der Waals surface area contributed by atoms with Gasteiger partial charge in [0.2, 0.25) is 0 Å². The lowest BCUT2D eigenvalue weighted by molar-refractivity contribution is 0.0950. The van der Waals surface area contributed by atoms with Crippen LogP contribution >= 0.6 is 0 Å². The van der Waals surface area contributed by atoms with Gasteiger partial charge in [-0.1, -0.05) is 6.07 Å². The minimum absolute atomic E-state index is 0.0200. The smallest absolute Gasteiger partial charge is 0.251 e. The molecule has 0 radical (unpaired) electrons. The average molecular weight is 473 g/mol. The molecule has 1 amide bonds. The highest BCUT2D eigenvalue weighted by molar-refractivity contribution is 5.96. The predicted molar refractivity (Wildman–Crippen MR) is 124 cm³/mol. The summed E-state index contributed by atoms with van der Waals surface area (Å²) in [7, 11) is 0. The van der Waals surface area contributed by atoms with Crippen LogP contribution in [-0.4, -0.2) is 20.7 Å². The van der Waals surface area contributed by atoms with E-state index in [-0.39, 0.29) is 6.54 Å². The van der Waals surface area contributed by atoms with E-state index in [9.17, 15) is 13.6 Å². The second-order valence-electron chi connectivity index (χ2n) is 7.77. The SMILES string of the molecule is Cc1c(Oc2ccnc(-c3cnn(CCC#N)c3)c2)cccc1C(=O)NCc1cc(F)cc(F)c1. The molecule has 0 aliphatic carbocycles. The number of amides is 1. The number of rotatable bonds is 8. The highest BCUT2D eigenvalue weighted by Gasteiger charge is 2.14. The van der Waals surface area contributed by atoms with Gasteiger partial charge in [-0.2, -0.15) is 10.4 Å². The Hall–Kier alpha value is -4.58. The number of hydrogen-bond donors (Lipinski definition) is 1. The van der Waals surface area contributed by atoms with E-state index in [1.54, 1.807) is 54.3 Å². The van der Waals surface area contributed by atoms with Gasteiger partial charge in [0.1, 0.15) is 23.1 Å². The number of nitrogens with zero attached hydrogens (tertiary/aromatic N) is 4. The Labute approximate surface area is 200 Å². The van der Waals surface area contributed by atoms with E-state index in [2.05, 4.69) is 21.5 Å². The second-order valence-corrected chi connectivity index (χ2v) is 7.77. The van der Waals surface area contributed by atoms with Gasteiger partial charge in [0.05, 0.1) is 30.9 Å². The van der Waals surface area contributed by atoms with Gasteiger partial charge in [0.15, 0.2) is 0 Å². The third-order valence-electron chi connectivity index (χ3n) is 5.25. The van der Waals surface area contributed by atoms with E-state index in [0.29, 0.717) is 46.8 Å². The first kappa shape index (κ1) is 23.6. The molecular formula is C26H21F2N5O2. The Balaban J connectivity index is 1.48. The molecule has 35 heavy (non-hydrogen) atoms. The van der Waals surface area contributed by atoms with Gasteiger partial charge in [-0.15, -0.1) is 0 Å². The van der Waals surface area contributed by atoms with E-state index in [1.807, 2.05) is 6.20 Å². The molecule has 7 nitrogen and oxygen atoms in total. The summed E-state index contributed by atoms with van der Waals surface area (Å²) in [6.45, 7) is 2.23. The van der Waals surface area contributed by atoms with Crippen molar-refractivity contribution in [2.45, 2.75) is 26.4 Å². The molecule has 0 fully saturated rings. The van der Waals surface area contributed by atoms with Crippen molar-refractivity contribution in [3.8, 4) is 28.8 Å². The summed E-state index contributed by atoms with van der Waals surface area (Å²) in [6, 6.07) is 13.8. The van der Waals surface area contributed by atoms with Crippen LogP contribution in [0.1, 0.15) is 27.9 Å². The lowest BCUT2D eigenvalue weighted by Crippen LogP contribution is -2.23. The minimum atomic E-state index is -0.702. The number of aromatic nitrogens is 3. The van der Waals surface area contributed by atoms with E-state index in [1.165, 1.54) is 12.1 Å². The van der Waals surface area contributed by atoms with E-state index >= 15 is 0 Å². The number of nitriles is 1. The van der Waals surface area contributed by atoms with Crippen LogP contribution < -0.4 is 10.1 Å². The Morgan fingerprint density at radius 3 is 2.74 bits per heavy atom. The molecule has 2 heterocycles. The van der Waals surface area contributed by atoms with Crippen molar-refractivity contribution < 1.29 is 18.3 Å². The van der Waals surface area contributed by atoms with Gasteiger partial charge in [-0.05, 0) is 42.8 Å². The molecule has 1 N–H and O–H groups in total. The van der Waals surface area contributed by atoms with E-state index in [0.717, 1.165) is 11.6 Å². The van der Waals surface area contributed by atoms with Crippen molar-refractivity contribution in [1.82, 2.24) is 20.1 Å². The monoisotopic (exact) mass is 473 g/mol. The molecular weight excluding hydrogens is 452 g/mol. The van der Waals surface area contributed by atoms with Crippen LogP contribution in [0.25, 0.3) is 11.3 Å². The van der Waals surface area contributed by atoms with Crippen LogP contribution in [0, 0.1) is 29.9 Å². The molecule has 0 saturated heterocycles. The molecule has 4 rings (SSSR count). The number of benzene rings is 2. The molecule has 0 spiro atoms. The zero-order valence-electron chi connectivity index (χ0n) is 18.8. The molecule has 0 unspecified atom stereocenters. The van der Waals surface area contributed by atoms with Gasteiger partial charge in [-0.3, -0.25) is 14.5 Å². The molecule has 0 aliphatic heterocycles. The van der Waals surface area contributed by atoms with Crippen LogP contribution in [0.15, 0.2) is 67.1 Å². The number of carbonyl (C=O) groups is 1. The Morgan fingerprint density at radius 1 is 1.17 bits per heavy atom. The summed E-state index contributed by atoms with van der Waals surface area (Å²) in [6.07, 6.45) is 5.45. The number of nitrogens with one attached hydrogen (secondary N) is 1. The summed E-state index contributed by atoms with van der Waals surface area (Å²) in [4.78, 5) is 17.1. The molecule has 0 atom stereocenters. The predicted octanol–water partition coefficient (Wildman–Crippen LogP) is 5.17. The average Bonchev–Trinajstić information content (AvgIpc) is 3.31. The second kappa shape index (κ2) is 10.6. The summed E-state index contributed by atoms with van der Waals surface area (Å²) in [5.41, 5.74) is 2.75. The molecule has 0 saturated carbocycles. The number of carbonyl (C=O) groups excluding carboxylic acids is 1. The number of pyridine rings is 1. The first-order valence-corrected chi connectivity index (χ1v) is 10.8. The fourth-order valence-electron chi connectivity index (χ4n) is 3.50. The third-order valence-corrected chi connectivity index (χ3v) is 5.25. The summed E-state index contributed by atoms with van der Waals surface area (Å²) >= 11 is 0. The van der Waals surface area contributed by atoms with Crippen LogP contribution in [0.3, 0.4) is 0 Å². The van der Waals surface area contributed by atoms with E-state index in [4.69, 9.17) is 10.00 Å². The Kier molecular flexibility index (Phi) is 7.12. The fourth-order valence-corrected chi connectivity index (χ4v) is 3.50. The third kappa shape index (κ3) is 5.86. The Bertz CT molecular complexity index is 1390. The quantitative estimate of drug-likeness (QED) is 0.381. The van der Waals surface area contributed by atoms with Gasteiger partial charge in [0, 0.05) is 47.8 Å². The minimum Gasteiger partial charge on any atom is -0.457 e. The molecule has 4 aromatic rings. The van der Waals surface area contributed by atoms with E-state index < -0.39 is 17.5 Å². The first-order chi connectivity index (χ1) is 16.9. The number of ether oxygens (including phenoxy) is 1. The van der Waals surface area contributed by atoms with Crippen molar-refractivity contribution >= 4 is 5.91 Å². The largest absolute Gasteiger partial charge is 0.457 e. The summed E-state index contributed by atoms with van der Waals surface area (Å²) in [5.74, 6) is -0.788. The maximum Gasteiger partial charge on any atom is 0.251 e. The van der Waals surface area contributed by atoms with Gasteiger partial charge < -0.3 is 10.1 Å². The van der Waals surface area contributed by atoms with Crippen LogP contribution in [-0.2, 0) is 13.1 Å². The van der Waals surface area contributed by atoms with Crippen LogP contribution in [0.2, 0.25) is 0 Å². The van der Waals surface area contributed by atoms with Crippen molar-refractivity contribution in [2.24, 2.45) is 0 Å². The van der Waals surface area contributed by atoms with Crippen LogP contribution in [0.4, 0.5) is 8.78 Å². The number of aryl methyl sites for hydroxylation is 1. The normalized spacial score (nSPS) is 10.6. The van der Waals surface area contributed by atoms with Crippen molar-refractivity contribution in [2.75, 3.05) is 0 Å². The van der Waals surface area contributed by atoms with Gasteiger partial charge >= 0.3 is 0 Å². The maximum atomic E-state index is 13.4. The van der Waals surface area contributed by atoms with Crippen LogP contribution in [0.5, 0.6) is 11.5 Å². The Morgan fingerprint density at radius 2 is 1.97 bits per heavy atom.